The van der Waals surface area contributed by atoms with E-state index in [1.165, 1.54) is 0 Å². The largest absolute Gasteiger partial charge is 0.402 e. The molecule has 0 amide bonds. The first-order chi connectivity index (χ1) is 9.06. The van der Waals surface area contributed by atoms with E-state index in [0.717, 1.165) is 0 Å². The molecule has 20 heavy (non-hydrogen) atoms. The van der Waals surface area contributed by atoms with Crippen molar-refractivity contribution in [2.75, 3.05) is 19.7 Å². The number of benzene rings is 1. The molecule has 0 radical (unpaired) electrons. The molecule has 0 aliphatic carbocycles. The highest BCUT2D eigenvalue weighted by molar-refractivity contribution is 7.89. The van der Waals surface area contributed by atoms with Crippen LogP contribution in [0.1, 0.15) is 0 Å². The van der Waals surface area contributed by atoms with Gasteiger partial charge in [0.1, 0.15) is 18.2 Å². The Labute approximate surface area is 111 Å². The van der Waals surface area contributed by atoms with Crippen LogP contribution in [0.5, 0.6) is 0 Å². The van der Waals surface area contributed by atoms with Gasteiger partial charge in [0.15, 0.2) is 0 Å². The molecule has 1 rings (SSSR count). The summed E-state index contributed by atoms with van der Waals surface area (Å²) in [6.45, 7) is -3.58. The number of aliphatic hydroxyl groups is 1. The van der Waals surface area contributed by atoms with Gasteiger partial charge in [0.2, 0.25) is 10.0 Å². The zero-order valence-electron chi connectivity index (χ0n) is 9.86. The summed E-state index contributed by atoms with van der Waals surface area (Å²) in [5.74, 6) is -2.47. The molecule has 0 heterocycles. The lowest BCUT2D eigenvalue weighted by Gasteiger charge is -2.22. The number of aliphatic hydroxyl groups excluding tert-OH is 1. The van der Waals surface area contributed by atoms with Gasteiger partial charge in [-0.25, -0.2) is 17.2 Å². The van der Waals surface area contributed by atoms with Crippen LogP contribution in [0.25, 0.3) is 0 Å². The van der Waals surface area contributed by atoms with Gasteiger partial charge in [0.25, 0.3) is 0 Å². The highest BCUT2D eigenvalue weighted by Crippen LogP contribution is 2.23. The third-order valence-corrected chi connectivity index (χ3v) is 4.00. The van der Waals surface area contributed by atoms with E-state index in [1.54, 1.807) is 0 Å². The maximum atomic E-state index is 13.0. The molecule has 0 unspecified atom stereocenters. The van der Waals surface area contributed by atoms with E-state index >= 15 is 0 Å². The van der Waals surface area contributed by atoms with Crippen molar-refractivity contribution in [1.29, 1.82) is 0 Å². The highest BCUT2D eigenvalue weighted by Gasteiger charge is 2.37. The van der Waals surface area contributed by atoms with Crippen LogP contribution in [-0.2, 0) is 10.0 Å². The molecule has 10 heteroatoms. The van der Waals surface area contributed by atoms with Crippen molar-refractivity contribution in [3.63, 3.8) is 0 Å². The molecule has 114 valence electrons. The Morgan fingerprint density at radius 3 is 2.00 bits per heavy atom. The topological polar surface area (TPSA) is 57.6 Å². The molecule has 1 N–H and O–H groups in total. The molecule has 4 nitrogen and oxygen atoms in total. The van der Waals surface area contributed by atoms with Crippen LogP contribution in [0.3, 0.4) is 0 Å². The summed E-state index contributed by atoms with van der Waals surface area (Å²) in [6.07, 6.45) is -4.85. The quantitative estimate of drug-likeness (QED) is 0.837. The lowest BCUT2D eigenvalue weighted by molar-refractivity contribution is -0.136. The molecule has 0 aliphatic rings. The molecule has 0 saturated heterocycles. The summed E-state index contributed by atoms with van der Waals surface area (Å²) in [4.78, 5) is -0.951. The van der Waals surface area contributed by atoms with Gasteiger partial charge >= 0.3 is 6.18 Å². The molecule has 1 aromatic rings. The van der Waals surface area contributed by atoms with Gasteiger partial charge in [-0.15, -0.1) is 0 Å². The minimum Gasteiger partial charge on any atom is -0.395 e. The number of halogens is 5. The predicted octanol–water partition coefficient (Wildman–Crippen LogP) is 1.51. The van der Waals surface area contributed by atoms with Gasteiger partial charge in [-0.3, -0.25) is 0 Å². The van der Waals surface area contributed by atoms with Gasteiger partial charge in [0.05, 0.1) is 11.5 Å². The van der Waals surface area contributed by atoms with Crippen LogP contribution in [-0.4, -0.2) is 43.7 Å². The summed E-state index contributed by atoms with van der Waals surface area (Å²) in [7, 11) is -4.77. The fourth-order valence-corrected chi connectivity index (χ4v) is 2.88. The molecular weight excluding hydrogens is 309 g/mol. The molecule has 0 bridgehead atoms. The second kappa shape index (κ2) is 6.02. The number of hydrogen-bond donors (Lipinski definition) is 1. The Hall–Kier alpha value is -1.26. The Kier molecular flexibility index (Phi) is 5.05. The van der Waals surface area contributed by atoms with Crippen molar-refractivity contribution >= 4 is 10.0 Å². The summed E-state index contributed by atoms with van der Waals surface area (Å²) in [5, 5.41) is 8.63. The first-order valence-electron chi connectivity index (χ1n) is 5.20. The Balaban J connectivity index is 3.22. The van der Waals surface area contributed by atoms with E-state index in [2.05, 4.69) is 0 Å². The van der Waals surface area contributed by atoms with Crippen molar-refractivity contribution in [3.8, 4) is 0 Å². The molecule has 0 spiro atoms. The van der Waals surface area contributed by atoms with Crippen LogP contribution in [0.15, 0.2) is 23.1 Å². The number of rotatable bonds is 5. The van der Waals surface area contributed by atoms with E-state index in [4.69, 9.17) is 5.11 Å². The second-order valence-electron chi connectivity index (χ2n) is 3.78. The van der Waals surface area contributed by atoms with Gasteiger partial charge in [-0.2, -0.15) is 17.5 Å². The Bertz CT molecular complexity index is 552. The smallest absolute Gasteiger partial charge is 0.395 e. The van der Waals surface area contributed by atoms with E-state index < -0.39 is 52.4 Å². The zero-order chi connectivity index (χ0) is 15.6. The van der Waals surface area contributed by atoms with Gasteiger partial charge in [-0.05, 0) is 12.1 Å². The van der Waals surface area contributed by atoms with Crippen molar-refractivity contribution in [2.45, 2.75) is 11.1 Å². The summed E-state index contributed by atoms with van der Waals surface area (Å²) < 4.78 is 86.5. The fourth-order valence-electron chi connectivity index (χ4n) is 1.42. The van der Waals surface area contributed by atoms with E-state index in [-0.39, 0.29) is 4.31 Å². The monoisotopic (exact) mass is 319 g/mol. The van der Waals surface area contributed by atoms with Gasteiger partial charge < -0.3 is 5.11 Å². The number of nitrogens with zero attached hydrogens (tertiary/aromatic N) is 1. The molecule has 0 aromatic heterocycles. The third kappa shape index (κ3) is 4.39. The molecule has 0 aliphatic heterocycles. The van der Waals surface area contributed by atoms with Crippen molar-refractivity contribution in [1.82, 2.24) is 4.31 Å². The van der Waals surface area contributed by atoms with E-state index in [9.17, 15) is 30.4 Å². The summed E-state index contributed by atoms with van der Waals surface area (Å²) >= 11 is 0. The SMILES string of the molecule is O=S(=O)(c1cc(F)cc(F)c1)N(CCO)CC(F)(F)F. The minimum atomic E-state index is -4.85. The highest BCUT2D eigenvalue weighted by atomic mass is 32.2. The standard InChI is InChI=1S/C10H10F5NO3S/c11-7-3-8(12)5-9(4-7)20(18,19)16(1-2-17)6-10(13,14)15/h3-5,17H,1-2,6H2. The number of hydrogen-bond acceptors (Lipinski definition) is 3. The maximum Gasteiger partial charge on any atom is 0.402 e. The minimum absolute atomic E-state index is 0.0960. The van der Waals surface area contributed by atoms with E-state index in [0.29, 0.717) is 18.2 Å². The summed E-state index contributed by atoms with van der Waals surface area (Å²) in [6, 6.07) is 1.19. The molecule has 0 atom stereocenters. The van der Waals surface area contributed by atoms with Crippen LogP contribution < -0.4 is 0 Å². The first-order valence-corrected chi connectivity index (χ1v) is 6.64. The van der Waals surface area contributed by atoms with Crippen LogP contribution in [0.2, 0.25) is 0 Å². The molecule has 1 aromatic carbocycles. The Morgan fingerprint density at radius 1 is 1.10 bits per heavy atom. The first kappa shape index (κ1) is 16.8. The van der Waals surface area contributed by atoms with Crippen LogP contribution >= 0.6 is 0 Å². The maximum absolute atomic E-state index is 13.0. The van der Waals surface area contributed by atoms with Crippen LogP contribution in [0.4, 0.5) is 22.0 Å². The van der Waals surface area contributed by atoms with Crippen LogP contribution in [0, 0.1) is 11.6 Å². The average molecular weight is 319 g/mol. The van der Waals surface area contributed by atoms with Gasteiger partial charge in [0, 0.05) is 12.6 Å². The fraction of sp³-hybridized carbons (Fsp3) is 0.400. The lowest BCUT2D eigenvalue weighted by Crippen LogP contribution is -2.40. The normalized spacial score (nSPS) is 12.9. The lowest BCUT2D eigenvalue weighted by atomic mass is 10.3. The van der Waals surface area contributed by atoms with Crippen molar-refractivity contribution in [3.05, 3.63) is 29.8 Å². The zero-order valence-corrected chi connectivity index (χ0v) is 10.7. The number of alkyl halides is 3. The van der Waals surface area contributed by atoms with Crippen molar-refractivity contribution < 1.29 is 35.5 Å². The van der Waals surface area contributed by atoms with Gasteiger partial charge in [-0.1, -0.05) is 0 Å². The predicted molar refractivity (Wildman–Crippen MR) is 58.3 cm³/mol. The average Bonchev–Trinajstić information content (AvgIpc) is 2.25. The molecule has 0 fully saturated rings. The molecule has 0 saturated carbocycles. The van der Waals surface area contributed by atoms with E-state index in [1.807, 2.05) is 0 Å². The Morgan fingerprint density at radius 2 is 1.60 bits per heavy atom. The third-order valence-electron chi connectivity index (χ3n) is 2.18. The van der Waals surface area contributed by atoms with Crippen molar-refractivity contribution in [2.24, 2.45) is 0 Å². The molecular formula is C10H10F5NO3S. The summed E-state index contributed by atoms with van der Waals surface area (Å²) in [5.41, 5.74) is 0. The number of sulfonamides is 1. The second-order valence-corrected chi connectivity index (χ2v) is 5.72.